The molecule has 0 spiro atoms. The molecule has 436 valence electrons. The van der Waals surface area contributed by atoms with Crippen molar-refractivity contribution >= 4 is 34.9 Å². The maximum absolute atomic E-state index is 16.2. The first-order valence-electron chi connectivity index (χ1n) is 28.3. The van der Waals surface area contributed by atoms with Gasteiger partial charge in [-0.25, -0.2) is 23.4 Å². The number of ether oxygens (including phenoxy) is 5. The molecule has 4 atom stereocenters. The average Bonchev–Trinajstić information content (AvgIpc) is 3.60. The smallest absolute Gasteiger partial charge is 0.223 e. The molecule has 2 fully saturated rings. The molecule has 2 aromatic heterocycles. The van der Waals surface area contributed by atoms with Crippen molar-refractivity contribution in [1.29, 1.82) is 5.26 Å². The maximum Gasteiger partial charge on any atom is 0.223 e. The highest BCUT2D eigenvalue weighted by atomic mass is 35.5. The number of ketones is 2. The number of nitrogens with zero attached hydrogens (tertiary/aromatic N) is 6. The Morgan fingerprint density at radius 2 is 1.62 bits per heavy atom. The fourth-order valence-electron chi connectivity index (χ4n) is 11.4. The zero-order valence-corrected chi connectivity index (χ0v) is 48.9. The Morgan fingerprint density at radius 1 is 0.902 bits per heavy atom. The summed E-state index contributed by atoms with van der Waals surface area (Å²) < 4.78 is 63.5. The summed E-state index contributed by atoms with van der Waals surface area (Å²) in [7, 11) is 5.50. The van der Waals surface area contributed by atoms with Gasteiger partial charge in [-0.05, 0) is 91.8 Å². The van der Waals surface area contributed by atoms with Gasteiger partial charge in [0, 0.05) is 74.4 Å². The molecule has 1 aliphatic heterocycles. The van der Waals surface area contributed by atoms with E-state index in [9.17, 15) is 14.9 Å². The van der Waals surface area contributed by atoms with Gasteiger partial charge in [0.25, 0.3) is 0 Å². The fraction of sp³-hybridized carbons (Fsp3) is 0.469. The number of rotatable bonds is 28. The van der Waals surface area contributed by atoms with Crippen LogP contribution in [-0.2, 0) is 42.1 Å². The van der Waals surface area contributed by atoms with Crippen LogP contribution < -0.4 is 20.3 Å². The molecule has 8 rings (SSSR count). The lowest BCUT2D eigenvalue weighted by atomic mass is 9.62. The minimum absolute atomic E-state index is 0.0397. The lowest BCUT2D eigenvalue weighted by Crippen LogP contribution is -2.44. The summed E-state index contributed by atoms with van der Waals surface area (Å²) in [4.78, 5) is 39.5. The molecular formula is C64H77ClF2N8O7. The second-order valence-corrected chi connectivity index (χ2v) is 23.2. The number of anilines is 2. The first kappa shape index (κ1) is 61.4. The van der Waals surface area contributed by atoms with E-state index in [1.54, 1.807) is 49.5 Å². The van der Waals surface area contributed by atoms with E-state index in [0.717, 1.165) is 42.8 Å². The molecule has 2 aliphatic rings. The number of carbonyl (C=O) groups is 2. The number of nitriles is 1. The summed E-state index contributed by atoms with van der Waals surface area (Å²) in [6.07, 6.45) is 8.51. The Balaban J connectivity index is 0.720. The van der Waals surface area contributed by atoms with Crippen LogP contribution in [-0.4, -0.2) is 123 Å². The van der Waals surface area contributed by atoms with Crippen LogP contribution in [0.4, 0.5) is 20.5 Å². The highest BCUT2D eigenvalue weighted by Crippen LogP contribution is 2.53. The molecule has 1 unspecified atom stereocenters. The maximum atomic E-state index is 16.2. The number of halogens is 3. The van der Waals surface area contributed by atoms with Crippen molar-refractivity contribution in [2.75, 3.05) is 77.7 Å². The molecule has 0 radical (unpaired) electrons. The van der Waals surface area contributed by atoms with Gasteiger partial charge in [0.1, 0.15) is 28.6 Å². The topological polar surface area (TPSA) is 175 Å². The van der Waals surface area contributed by atoms with Gasteiger partial charge in [0.05, 0.1) is 94.0 Å². The van der Waals surface area contributed by atoms with Gasteiger partial charge in [-0.3, -0.25) is 9.59 Å². The third-order valence-corrected chi connectivity index (χ3v) is 15.6. The molecule has 1 aliphatic carbocycles. The molecule has 82 heavy (non-hydrogen) atoms. The van der Waals surface area contributed by atoms with Crippen LogP contribution in [0.25, 0.3) is 11.3 Å². The SMILES string of the molecule is COc1cc(C(=O)CCCOCCOCCOCCOC2CCC(Nc3nccc(-c4cnn(Cc5ccccc5)c4N(C)C)n3)CC2)ccc1CC(=O)C1N[C@@H](CC(C)(C)C)[C@](C#N)(c2ccc(C)cc2F)[C@H]1c1cccc(Cl)c1F. The second kappa shape index (κ2) is 28.6. The molecule has 15 nitrogen and oxygen atoms in total. The number of methoxy groups -OCH3 is 1. The van der Waals surface area contributed by atoms with Crippen molar-refractivity contribution in [2.45, 2.75) is 121 Å². The summed E-state index contributed by atoms with van der Waals surface area (Å²) in [5.41, 5.74) is 2.55. The van der Waals surface area contributed by atoms with E-state index in [2.05, 4.69) is 38.7 Å². The third-order valence-electron chi connectivity index (χ3n) is 15.3. The van der Waals surface area contributed by atoms with Gasteiger partial charge >= 0.3 is 0 Å². The van der Waals surface area contributed by atoms with Crippen molar-refractivity contribution in [1.82, 2.24) is 25.1 Å². The van der Waals surface area contributed by atoms with Crippen LogP contribution in [0.5, 0.6) is 5.75 Å². The number of carbonyl (C=O) groups excluding carboxylic acids is 2. The van der Waals surface area contributed by atoms with E-state index in [-0.39, 0.29) is 58.1 Å². The predicted molar refractivity (Wildman–Crippen MR) is 314 cm³/mol. The van der Waals surface area contributed by atoms with Gasteiger partial charge in [-0.2, -0.15) is 10.4 Å². The van der Waals surface area contributed by atoms with Crippen LogP contribution >= 0.6 is 11.6 Å². The molecule has 1 saturated carbocycles. The molecule has 1 saturated heterocycles. The van der Waals surface area contributed by atoms with E-state index >= 15 is 8.78 Å². The van der Waals surface area contributed by atoms with Gasteiger partial charge < -0.3 is 39.2 Å². The molecule has 6 aromatic rings. The average molecular weight is 1140 g/mol. The lowest BCUT2D eigenvalue weighted by molar-refractivity contribution is -0.120. The number of nitrogens with one attached hydrogen (secondary N) is 2. The van der Waals surface area contributed by atoms with Gasteiger partial charge in [-0.15, -0.1) is 0 Å². The van der Waals surface area contributed by atoms with Crippen molar-refractivity contribution < 1.29 is 42.1 Å². The van der Waals surface area contributed by atoms with Crippen LogP contribution in [0.15, 0.2) is 103 Å². The Hall–Kier alpha value is -6.65. The zero-order valence-electron chi connectivity index (χ0n) is 48.2. The normalized spacial score (nSPS) is 19.9. The minimum atomic E-state index is -1.70. The van der Waals surface area contributed by atoms with Crippen molar-refractivity contribution in [2.24, 2.45) is 5.41 Å². The van der Waals surface area contributed by atoms with E-state index < -0.39 is 35.1 Å². The minimum Gasteiger partial charge on any atom is -0.496 e. The van der Waals surface area contributed by atoms with Crippen molar-refractivity contribution in [3.8, 4) is 23.1 Å². The Labute approximate surface area is 486 Å². The number of aromatic nitrogens is 4. The molecule has 4 aromatic carbocycles. The Bertz CT molecular complexity index is 3140. The van der Waals surface area contributed by atoms with Crippen molar-refractivity contribution in [3.63, 3.8) is 0 Å². The summed E-state index contributed by atoms with van der Waals surface area (Å²) in [6, 6.07) is 27.1. The molecule has 0 bridgehead atoms. The van der Waals surface area contributed by atoms with E-state index in [4.69, 9.17) is 45.4 Å². The van der Waals surface area contributed by atoms with Crippen LogP contribution in [0.1, 0.15) is 110 Å². The van der Waals surface area contributed by atoms with Crippen LogP contribution in [0.3, 0.4) is 0 Å². The number of hydrogen-bond donors (Lipinski definition) is 2. The third kappa shape index (κ3) is 15.3. The largest absolute Gasteiger partial charge is 0.496 e. The van der Waals surface area contributed by atoms with E-state index in [0.29, 0.717) is 94.0 Å². The summed E-state index contributed by atoms with van der Waals surface area (Å²) in [5, 5.41) is 22.7. The second-order valence-electron chi connectivity index (χ2n) is 22.8. The summed E-state index contributed by atoms with van der Waals surface area (Å²) >= 11 is 6.34. The number of benzene rings is 4. The van der Waals surface area contributed by atoms with Gasteiger partial charge in [-0.1, -0.05) is 99.1 Å². The number of aryl methyl sites for hydroxylation is 1. The predicted octanol–water partition coefficient (Wildman–Crippen LogP) is 11.3. The highest BCUT2D eigenvalue weighted by molar-refractivity contribution is 6.30. The molecular weight excluding hydrogens is 1070 g/mol. The van der Waals surface area contributed by atoms with Crippen molar-refractivity contribution in [3.05, 3.63) is 153 Å². The van der Waals surface area contributed by atoms with E-state index in [1.807, 2.05) is 70.0 Å². The highest BCUT2D eigenvalue weighted by Gasteiger charge is 2.61. The van der Waals surface area contributed by atoms with Gasteiger partial charge in [0.15, 0.2) is 11.6 Å². The molecule has 18 heteroatoms. The monoisotopic (exact) mass is 1140 g/mol. The van der Waals surface area contributed by atoms with Crippen LogP contribution in [0, 0.1) is 35.3 Å². The van der Waals surface area contributed by atoms with Crippen LogP contribution in [0.2, 0.25) is 5.02 Å². The zero-order chi connectivity index (χ0) is 58.4. The quantitative estimate of drug-likeness (QED) is 0.0351. The first-order chi connectivity index (χ1) is 39.5. The Morgan fingerprint density at radius 3 is 2.30 bits per heavy atom. The number of hydrogen-bond acceptors (Lipinski definition) is 14. The lowest BCUT2D eigenvalue weighted by Gasteiger charge is -2.37. The Kier molecular flexibility index (Phi) is 21.4. The van der Waals surface area contributed by atoms with E-state index in [1.165, 1.54) is 30.9 Å². The standard InChI is InChI=1S/C64H77ClF2N8O7/c1-42-18-25-50(52(66)35-42)64(41-68)57(38-63(2,3)4)73-60(58(64)48-15-11-16-51(65)59(48)67)55(77)36-45-20-19-44(37-56(45)78-7)54(76)17-12-28-79-29-30-80-31-32-81-33-34-82-47-23-21-46(22-24-47)71-62-69-27-26-53(72-62)49-39-70-75(61(49)74(5)6)40-43-13-9-8-10-14-43/h8-11,13-16,18-20,25-27,35,37,39,46-47,57-58,60,73H,12,17,21-24,28-34,36,38,40H2,1-7H3,(H,69,71,72)/t46?,47?,57-,58-,60?,64-/m0/s1. The fourth-order valence-corrected chi connectivity index (χ4v) is 11.6. The summed E-state index contributed by atoms with van der Waals surface area (Å²) in [6.45, 7) is 11.4. The number of Topliss-reactive ketones (excluding diaryl/α,β-unsaturated/α-hetero) is 2. The first-order valence-corrected chi connectivity index (χ1v) is 28.7. The molecule has 2 N–H and O–H groups in total. The molecule has 0 amide bonds. The van der Waals surface area contributed by atoms with Gasteiger partial charge in [0.2, 0.25) is 5.95 Å². The molecule has 3 heterocycles. The summed E-state index contributed by atoms with van der Waals surface area (Å²) in [5.74, 6) is -1.11.